The molecule has 0 amide bonds. The van der Waals surface area contributed by atoms with Gasteiger partial charge in [0.05, 0.1) is 0 Å². The number of benzene rings is 2. The Kier molecular flexibility index (Phi) is 2.31. The highest BCUT2D eigenvalue weighted by Crippen LogP contribution is 2.21. The van der Waals surface area contributed by atoms with Crippen molar-refractivity contribution in [3.8, 4) is 0 Å². The van der Waals surface area contributed by atoms with Gasteiger partial charge in [-0.05, 0) is 40.1 Å². The van der Waals surface area contributed by atoms with Crippen LogP contribution in [0.15, 0.2) is 41.3 Å². The molecule has 2 aromatic rings. The highest BCUT2D eigenvalue weighted by molar-refractivity contribution is 7.79. The van der Waals surface area contributed by atoms with Gasteiger partial charge in [-0.25, -0.2) is 4.39 Å². The van der Waals surface area contributed by atoms with Crippen LogP contribution < -0.4 is 0 Å². The summed E-state index contributed by atoms with van der Waals surface area (Å²) in [5.41, 5.74) is 0. The molecule has 72 valence electrons. The first-order valence-corrected chi connectivity index (χ1v) is 5.03. The molecular weight excluding hydrogens is 203 g/mol. The third-order valence-electron chi connectivity index (χ3n) is 1.98. The van der Waals surface area contributed by atoms with Crippen molar-refractivity contribution in [2.45, 2.75) is 4.90 Å². The van der Waals surface area contributed by atoms with Crippen molar-refractivity contribution in [1.82, 2.24) is 0 Å². The Bertz CT molecular complexity index is 510. The summed E-state index contributed by atoms with van der Waals surface area (Å²) in [5, 5.41) is 1.13. The molecule has 0 bridgehead atoms. The fraction of sp³-hybridized carbons (Fsp3) is 0. The molecule has 2 nitrogen and oxygen atoms in total. The Balaban J connectivity index is 2.81. The van der Waals surface area contributed by atoms with Gasteiger partial charge in [-0.1, -0.05) is 18.2 Å². The van der Waals surface area contributed by atoms with E-state index in [-0.39, 0.29) is 10.7 Å². The minimum Gasteiger partial charge on any atom is -0.768 e. The van der Waals surface area contributed by atoms with Crippen LogP contribution in [0.3, 0.4) is 0 Å². The fourth-order valence-electron chi connectivity index (χ4n) is 1.37. The molecule has 4 heteroatoms. The predicted molar refractivity (Wildman–Crippen MR) is 51.1 cm³/mol. The first-order chi connectivity index (χ1) is 6.68. The summed E-state index contributed by atoms with van der Waals surface area (Å²) in [7, 11) is 0. The summed E-state index contributed by atoms with van der Waals surface area (Å²) in [6, 6.07) is 8.78. The van der Waals surface area contributed by atoms with E-state index in [0.29, 0.717) is 10.8 Å². The number of fused-ring (bicyclic) bond motifs is 1. The number of halogens is 1. The zero-order valence-corrected chi connectivity index (χ0v) is 7.88. The second kappa shape index (κ2) is 3.48. The maximum absolute atomic E-state index is 12.8. The molecule has 2 aromatic carbocycles. The summed E-state index contributed by atoms with van der Waals surface area (Å²) < 4.78 is 34.4. The molecule has 0 N–H and O–H groups in total. The topological polar surface area (TPSA) is 40.1 Å². The number of hydrogen-bond donors (Lipinski definition) is 0. The second-order valence-corrected chi connectivity index (χ2v) is 3.77. The van der Waals surface area contributed by atoms with Crippen molar-refractivity contribution >= 4 is 21.9 Å². The van der Waals surface area contributed by atoms with Gasteiger partial charge < -0.3 is 4.55 Å². The van der Waals surface area contributed by atoms with Crippen LogP contribution in [0.1, 0.15) is 0 Å². The lowest BCUT2D eigenvalue weighted by Crippen LogP contribution is -1.90. The van der Waals surface area contributed by atoms with E-state index < -0.39 is 11.1 Å². The largest absolute Gasteiger partial charge is 0.768 e. The molecule has 1 unspecified atom stereocenters. The SMILES string of the molecule is O=S([O-])c1cccc2cc(F)ccc12. The van der Waals surface area contributed by atoms with Crippen LogP contribution in [-0.2, 0) is 11.1 Å². The Hall–Kier alpha value is -1.26. The molecule has 0 fully saturated rings. The smallest absolute Gasteiger partial charge is 0.123 e. The van der Waals surface area contributed by atoms with Crippen LogP contribution >= 0.6 is 0 Å². The normalized spacial score (nSPS) is 13.0. The molecular formula is C10H6FO2S-. The zero-order valence-electron chi connectivity index (χ0n) is 7.07. The van der Waals surface area contributed by atoms with Crippen LogP contribution in [0, 0.1) is 5.82 Å². The molecule has 0 radical (unpaired) electrons. The number of hydrogen-bond acceptors (Lipinski definition) is 2. The van der Waals surface area contributed by atoms with Gasteiger partial charge in [0, 0.05) is 4.90 Å². The third-order valence-corrected chi connectivity index (χ3v) is 2.70. The van der Waals surface area contributed by atoms with Gasteiger partial charge in [-0.2, -0.15) is 0 Å². The average molecular weight is 209 g/mol. The van der Waals surface area contributed by atoms with Gasteiger partial charge in [-0.3, -0.25) is 4.21 Å². The van der Waals surface area contributed by atoms with Gasteiger partial charge in [0.1, 0.15) is 5.82 Å². The monoisotopic (exact) mass is 209 g/mol. The van der Waals surface area contributed by atoms with Crippen molar-refractivity contribution < 1.29 is 13.2 Å². The minimum atomic E-state index is -2.28. The third kappa shape index (κ3) is 1.54. The number of rotatable bonds is 1. The molecule has 1 atom stereocenters. The molecule has 0 aliphatic heterocycles. The Morgan fingerprint density at radius 1 is 1.21 bits per heavy atom. The maximum Gasteiger partial charge on any atom is 0.123 e. The molecule has 2 rings (SSSR count). The van der Waals surface area contributed by atoms with Crippen molar-refractivity contribution in [2.75, 3.05) is 0 Å². The van der Waals surface area contributed by atoms with Crippen LogP contribution in [0.25, 0.3) is 10.8 Å². The summed E-state index contributed by atoms with van der Waals surface area (Å²) in [6.45, 7) is 0. The standard InChI is InChI=1S/C10H7FO2S/c11-8-4-5-9-7(6-8)2-1-3-10(9)14(12)13/h1-6H,(H,12,13)/p-1. The first kappa shape index (κ1) is 9.30. The molecule has 0 aliphatic carbocycles. The van der Waals surface area contributed by atoms with Crippen molar-refractivity contribution in [3.05, 3.63) is 42.2 Å². The molecule has 0 aliphatic rings. The van der Waals surface area contributed by atoms with E-state index in [2.05, 4.69) is 0 Å². The average Bonchev–Trinajstić information content (AvgIpc) is 2.16. The van der Waals surface area contributed by atoms with Crippen LogP contribution in [-0.4, -0.2) is 8.76 Å². The van der Waals surface area contributed by atoms with Crippen molar-refractivity contribution in [3.63, 3.8) is 0 Å². The van der Waals surface area contributed by atoms with Crippen molar-refractivity contribution in [2.24, 2.45) is 0 Å². The quantitative estimate of drug-likeness (QED) is 0.675. The Labute approximate surface area is 82.7 Å². The van der Waals surface area contributed by atoms with E-state index >= 15 is 0 Å². The highest BCUT2D eigenvalue weighted by atomic mass is 32.2. The zero-order chi connectivity index (χ0) is 10.1. The van der Waals surface area contributed by atoms with E-state index in [1.807, 2.05) is 0 Å². The molecule has 14 heavy (non-hydrogen) atoms. The Morgan fingerprint density at radius 2 is 2.00 bits per heavy atom. The van der Waals surface area contributed by atoms with E-state index in [9.17, 15) is 13.2 Å². The molecule has 0 aromatic heterocycles. The van der Waals surface area contributed by atoms with Gasteiger partial charge >= 0.3 is 0 Å². The van der Waals surface area contributed by atoms with E-state index in [1.54, 1.807) is 12.1 Å². The second-order valence-electron chi connectivity index (χ2n) is 2.86. The van der Waals surface area contributed by atoms with E-state index in [1.165, 1.54) is 24.3 Å². The lowest BCUT2D eigenvalue weighted by Gasteiger charge is -2.08. The van der Waals surface area contributed by atoms with Gasteiger partial charge in [0.15, 0.2) is 0 Å². The summed E-state index contributed by atoms with van der Waals surface area (Å²) in [6.07, 6.45) is 0. The molecule has 0 spiro atoms. The highest BCUT2D eigenvalue weighted by Gasteiger charge is 2.01. The van der Waals surface area contributed by atoms with Gasteiger partial charge in [0.25, 0.3) is 0 Å². The van der Waals surface area contributed by atoms with E-state index in [4.69, 9.17) is 0 Å². The Morgan fingerprint density at radius 3 is 2.71 bits per heavy atom. The van der Waals surface area contributed by atoms with Crippen molar-refractivity contribution in [1.29, 1.82) is 0 Å². The molecule has 0 saturated carbocycles. The summed E-state index contributed by atoms with van der Waals surface area (Å²) >= 11 is -2.28. The first-order valence-electron chi connectivity index (χ1n) is 3.96. The fourth-order valence-corrected chi connectivity index (χ4v) is 1.93. The van der Waals surface area contributed by atoms with Gasteiger partial charge in [0.2, 0.25) is 0 Å². The predicted octanol–water partition coefficient (Wildman–Crippen LogP) is 2.22. The van der Waals surface area contributed by atoms with Crippen LogP contribution in [0.2, 0.25) is 0 Å². The molecule has 0 saturated heterocycles. The van der Waals surface area contributed by atoms with Crippen LogP contribution in [0.4, 0.5) is 4.39 Å². The molecule has 0 heterocycles. The van der Waals surface area contributed by atoms with Crippen LogP contribution in [0.5, 0.6) is 0 Å². The minimum absolute atomic E-state index is 0.197. The lowest BCUT2D eigenvalue weighted by atomic mass is 10.1. The summed E-state index contributed by atoms with van der Waals surface area (Å²) in [4.78, 5) is 0.197. The maximum atomic E-state index is 12.8. The summed E-state index contributed by atoms with van der Waals surface area (Å²) in [5.74, 6) is -0.369. The van der Waals surface area contributed by atoms with Gasteiger partial charge in [-0.15, -0.1) is 0 Å². The lowest BCUT2D eigenvalue weighted by molar-refractivity contribution is 0.538. The van der Waals surface area contributed by atoms with E-state index in [0.717, 1.165) is 0 Å².